The van der Waals surface area contributed by atoms with Gasteiger partial charge in [0.05, 0.1) is 76.8 Å². The van der Waals surface area contributed by atoms with Gasteiger partial charge in [0.2, 0.25) is 0 Å². The molecule has 6 amide bonds. The molecule has 6 N–H and O–H groups in total. The molecular formula is C103H112BrClFIN6O18. The number of rotatable bonds is 24. The van der Waals surface area contributed by atoms with Crippen LogP contribution in [0.5, 0.6) is 34.5 Å². The van der Waals surface area contributed by atoms with Crippen molar-refractivity contribution in [1.82, 2.24) is 0 Å². The van der Waals surface area contributed by atoms with Crippen LogP contribution in [0.3, 0.4) is 0 Å². The van der Waals surface area contributed by atoms with Gasteiger partial charge in [-0.1, -0.05) is 188 Å². The second kappa shape index (κ2) is 53.5. The quantitative estimate of drug-likeness (QED) is 0.0242. The SMILES string of the molecule is COC(=O)Nc1cccc(Br)c1COc1ccc(C)cc1C.COC(=O)Nc1cccc(C)c1COc1ccc(C)cc1C.COC(=O)Nc1cccc(Cl)c1COc1ccc(C)cc1C.COC(=O)Nc1cccc(F)c1COc1ccc(C)cc1C.COC(=O)Nc1cccc(I)c1COc1ccc(C)cc1C.COC(=O)Nc1ccccc1COc1ccc(C)cc1C. The average Bonchev–Trinajstić information content (AvgIpc) is 0.849. The molecule has 0 aliphatic rings. The minimum Gasteiger partial charge on any atom is -0.489 e. The van der Waals surface area contributed by atoms with Gasteiger partial charge < -0.3 is 56.8 Å². The number of aryl methyl sites for hydroxylation is 13. The number of amides is 6. The molecule has 0 saturated carbocycles. The van der Waals surface area contributed by atoms with E-state index in [4.69, 9.17) is 40.0 Å². The third kappa shape index (κ3) is 34.1. The predicted octanol–water partition coefficient (Wildman–Crippen LogP) is 26.8. The molecule has 0 aromatic heterocycles. The first kappa shape index (κ1) is 105. The number of ether oxygens (including phenoxy) is 12. The molecule has 0 spiro atoms. The van der Waals surface area contributed by atoms with Crippen molar-refractivity contribution >= 4 is 121 Å². The van der Waals surface area contributed by atoms with E-state index < -0.39 is 42.4 Å². The molecule has 690 valence electrons. The molecule has 0 aliphatic heterocycles. The van der Waals surface area contributed by atoms with Gasteiger partial charge >= 0.3 is 36.6 Å². The summed E-state index contributed by atoms with van der Waals surface area (Å²) in [6, 6.07) is 70.1. The first-order chi connectivity index (χ1) is 62.6. The number of benzene rings is 12. The highest BCUT2D eigenvalue weighted by atomic mass is 127. The van der Waals surface area contributed by atoms with Gasteiger partial charge in [0, 0.05) is 46.4 Å². The molecule has 12 aromatic rings. The lowest BCUT2D eigenvalue weighted by Crippen LogP contribution is -2.14. The maximum absolute atomic E-state index is 14.0. The number of para-hydroxylation sites is 1. The van der Waals surface area contributed by atoms with E-state index in [9.17, 15) is 33.2 Å². The summed E-state index contributed by atoms with van der Waals surface area (Å²) in [4.78, 5) is 68.3. The zero-order valence-electron chi connectivity index (χ0n) is 77.0. The van der Waals surface area contributed by atoms with Crippen LogP contribution in [0.2, 0.25) is 5.02 Å². The number of carbonyl (C=O) groups is 6. The smallest absolute Gasteiger partial charge is 0.411 e. The molecule has 0 bridgehead atoms. The number of anilines is 6. The highest BCUT2D eigenvalue weighted by Gasteiger charge is 2.19. The molecule has 131 heavy (non-hydrogen) atoms. The third-order valence-electron chi connectivity index (χ3n) is 19.7. The van der Waals surface area contributed by atoms with Crippen LogP contribution in [-0.2, 0) is 68.1 Å². The van der Waals surface area contributed by atoms with Gasteiger partial charge in [0.15, 0.2) is 0 Å². The van der Waals surface area contributed by atoms with Crippen LogP contribution in [0.4, 0.5) is 67.3 Å². The van der Waals surface area contributed by atoms with Crippen molar-refractivity contribution in [2.24, 2.45) is 0 Å². The molecule has 28 heteroatoms. The second-order valence-corrected chi connectivity index (χ2v) is 32.3. The fourth-order valence-electron chi connectivity index (χ4n) is 12.7. The van der Waals surface area contributed by atoms with Gasteiger partial charge in [-0.05, 0) is 249 Å². The summed E-state index contributed by atoms with van der Waals surface area (Å²) in [5.41, 5.74) is 22.8. The van der Waals surface area contributed by atoms with Crippen LogP contribution < -0.4 is 60.3 Å². The van der Waals surface area contributed by atoms with Crippen molar-refractivity contribution < 1.29 is 90.0 Å². The van der Waals surface area contributed by atoms with Gasteiger partial charge in [0.25, 0.3) is 0 Å². The van der Waals surface area contributed by atoms with Crippen LogP contribution in [0, 0.1) is 99.4 Å². The number of hydrogen-bond acceptors (Lipinski definition) is 18. The van der Waals surface area contributed by atoms with Crippen LogP contribution in [0.1, 0.15) is 106 Å². The fraction of sp³-hybridized carbons (Fsp3) is 0.243. The minimum absolute atomic E-state index is 0.00982. The van der Waals surface area contributed by atoms with Crippen molar-refractivity contribution in [3.05, 3.63) is 349 Å². The molecule has 0 saturated heterocycles. The molecule has 12 aromatic carbocycles. The molecule has 0 heterocycles. The molecule has 24 nitrogen and oxygen atoms in total. The van der Waals surface area contributed by atoms with Crippen molar-refractivity contribution in [2.75, 3.05) is 74.6 Å². The Bertz CT molecular complexity index is 5210. The zero-order valence-corrected chi connectivity index (χ0v) is 81.5. The largest absolute Gasteiger partial charge is 0.489 e. The van der Waals surface area contributed by atoms with Crippen LogP contribution >= 0.6 is 50.1 Å². The third-order valence-corrected chi connectivity index (χ3v) is 21.8. The number of hydrogen-bond donors (Lipinski definition) is 6. The van der Waals surface area contributed by atoms with E-state index in [1.54, 1.807) is 24.3 Å². The molecule has 0 atom stereocenters. The number of methoxy groups -OCH3 is 6. The van der Waals surface area contributed by atoms with E-state index in [2.05, 4.69) is 143 Å². The Morgan fingerprint density at radius 3 is 0.908 bits per heavy atom. The standard InChI is InChI=1S/C18H21NO3.C17H18BrNO3.C17H18ClNO3.C17H18FNO3.C17H18INO3.C17H19NO3/c1-12-8-9-17(14(3)10-12)22-11-15-13(2)6-5-7-16(15)19-18(20)21-4;4*1-11-7-8-16(12(2)9-11)22-10-13-14(18)5-4-6-15(13)19-17(20)21-3;1-12-8-9-16(13(2)10-12)21-11-14-6-4-5-7-15(14)18-17(19)20-3/h5-10H,11H2,1-4H3,(H,19,20);4*4-9H,10H2,1-3H3,(H,19,20);4-10H,11H2,1-3H3,(H,18,19). The Kier molecular flexibility index (Phi) is 42.7. The zero-order chi connectivity index (χ0) is 95.8. The highest BCUT2D eigenvalue weighted by molar-refractivity contribution is 14.1. The first-order valence-electron chi connectivity index (χ1n) is 41.2. The Balaban J connectivity index is 0.000000215. The Morgan fingerprint density at radius 1 is 0.282 bits per heavy atom. The number of carbonyl (C=O) groups excluding carboxylic acids is 6. The summed E-state index contributed by atoms with van der Waals surface area (Å²) in [5, 5.41) is 16.4. The Hall–Kier alpha value is -13.5. The van der Waals surface area contributed by atoms with Gasteiger partial charge in [-0.25, -0.2) is 33.2 Å². The van der Waals surface area contributed by atoms with Crippen molar-refractivity contribution in [3.63, 3.8) is 0 Å². The molecule has 0 fully saturated rings. The van der Waals surface area contributed by atoms with Crippen LogP contribution in [0.15, 0.2) is 229 Å². The van der Waals surface area contributed by atoms with Crippen LogP contribution in [-0.4, -0.2) is 79.2 Å². The monoisotopic (exact) mass is 1980 g/mol. The summed E-state index contributed by atoms with van der Waals surface area (Å²) in [6.45, 7) is 27.9. The van der Waals surface area contributed by atoms with E-state index in [1.807, 2.05) is 234 Å². The summed E-state index contributed by atoms with van der Waals surface area (Å²) in [5.74, 6) is 4.37. The number of nitrogens with one attached hydrogen (secondary N) is 6. The lowest BCUT2D eigenvalue weighted by molar-refractivity contribution is 0.186. The maximum Gasteiger partial charge on any atom is 0.411 e. The molecular weight excluding hydrogens is 1870 g/mol. The second-order valence-electron chi connectivity index (χ2n) is 29.9. The van der Waals surface area contributed by atoms with E-state index in [1.165, 1.54) is 82.6 Å². The number of halogens is 4. The molecule has 12 rings (SSSR count). The maximum atomic E-state index is 14.0. The Morgan fingerprint density at radius 2 is 0.542 bits per heavy atom. The van der Waals surface area contributed by atoms with E-state index in [0.29, 0.717) is 76.9 Å². The molecule has 0 radical (unpaired) electrons. The van der Waals surface area contributed by atoms with E-state index >= 15 is 0 Å². The molecule has 0 aliphatic carbocycles. The van der Waals surface area contributed by atoms with Gasteiger partial charge in [-0.3, -0.25) is 31.9 Å². The average molecular weight is 1980 g/mol. The van der Waals surface area contributed by atoms with Crippen molar-refractivity contribution in [3.8, 4) is 34.5 Å². The van der Waals surface area contributed by atoms with Gasteiger partial charge in [0.1, 0.15) is 80.0 Å². The molecule has 0 unspecified atom stereocenters. The highest BCUT2D eigenvalue weighted by Crippen LogP contribution is 2.34. The van der Waals surface area contributed by atoms with Gasteiger partial charge in [-0.15, -0.1) is 0 Å². The van der Waals surface area contributed by atoms with E-state index in [-0.39, 0.29) is 18.8 Å². The summed E-state index contributed by atoms with van der Waals surface area (Å²) < 4.78 is 78.7. The van der Waals surface area contributed by atoms with Gasteiger partial charge in [-0.2, -0.15) is 0 Å². The first-order valence-corrected chi connectivity index (χ1v) is 43.5. The van der Waals surface area contributed by atoms with Crippen LogP contribution in [0.25, 0.3) is 0 Å². The fourth-order valence-corrected chi connectivity index (χ4v) is 14.1. The summed E-state index contributed by atoms with van der Waals surface area (Å²) >= 11 is 11.9. The van der Waals surface area contributed by atoms with Crippen molar-refractivity contribution in [1.29, 1.82) is 0 Å². The summed E-state index contributed by atoms with van der Waals surface area (Å²) in [6.07, 6.45) is -3.18. The normalized spacial score (nSPS) is 10.2. The predicted molar refractivity (Wildman–Crippen MR) is 526 cm³/mol. The van der Waals surface area contributed by atoms with E-state index in [0.717, 1.165) is 104 Å². The topological polar surface area (TPSA) is 285 Å². The lowest BCUT2D eigenvalue weighted by Gasteiger charge is -2.15. The lowest BCUT2D eigenvalue weighted by atomic mass is 10.1. The van der Waals surface area contributed by atoms with Crippen molar-refractivity contribution in [2.45, 2.75) is 130 Å². The minimum atomic E-state index is -0.654. The summed E-state index contributed by atoms with van der Waals surface area (Å²) in [7, 11) is 7.92. The Labute approximate surface area is 793 Å².